The molecule has 3 rings (SSSR count). The van der Waals surface area contributed by atoms with Gasteiger partial charge in [0.05, 0.1) is 0 Å². The normalized spacial score (nSPS) is 22.3. The second-order valence-electron chi connectivity index (χ2n) is 4.86. The van der Waals surface area contributed by atoms with E-state index < -0.39 is 0 Å². The highest BCUT2D eigenvalue weighted by Gasteiger charge is 2.28. The average Bonchev–Trinajstić information content (AvgIpc) is 3.04. The summed E-state index contributed by atoms with van der Waals surface area (Å²) in [7, 11) is 1.79. The van der Waals surface area contributed by atoms with E-state index in [1.807, 2.05) is 11.8 Å². The Balaban J connectivity index is 1.99. The maximum absolute atomic E-state index is 4.55. The van der Waals surface area contributed by atoms with Crippen molar-refractivity contribution in [1.29, 1.82) is 0 Å². The van der Waals surface area contributed by atoms with Crippen molar-refractivity contribution in [3.63, 3.8) is 0 Å². The lowest BCUT2D eigenvalue weighted by molar-refractivity contribution is 0.608. The van der Waals surface area contributed by atoms with Gasteiger partial charge in [-0.3, -0.25) is 0 Å². The molecule has 2 aromatic heterocycles. The van der Waals surface area contributed by atoms with Gasteiger partial charge in [-0.15, -0.1) is 0 Å². The molecule has 2 unspecified atom stereocenters. The highest BCUT2D eigenvalue weighted by atomic mass is 32.2. The van der Waals surface area contributed by atoms with E-state index in [1.165, 1.54) is 6.33 Å². The number of anilines is 2. The number of aromatic nitrogens is 6. The first-order chi connectivity index (χ1) is 10.2. The second-order valence-corrected chi connectivity index (χ2v) is 6.34. The van der Waals surface area contributed by atoms with Crippen LogP contribution in [0, 0.1) is 0 Å². The summed E-state index contributed by atoms with van der Waals surface area (Å²) in [5.74, 6) is 2.76. The summed E-state index contributed by atoms with van der Waals surface area (Å²) in [6.07, 6.45) is 3.04. The Labute approximate surface area is 127 Å². The molecule has 0 saturated carbocycles. The predicted molar refractivity (Wildman–Crippen MR) is 83.0 cm³/mol. The molecule has 0 bridgehead atoms. The smallest absolute Gasteiger partial charge is 0.258 e. The van der Waals surface area contributed by atoms with Gasteiger partial charge in [0.15, 0.2) is 0 Å². The zero-order valence-electron chi connectivity index (χ0n) is 12.3. The number of thioether (sulfide) groups is 1. The molecule has 1 fully saturated rings. The van der Waals surface area contributed by atoms with Crippen LogP contribution in [0.25, 0.3) is 5.95 Å². The van der Waals surface area contributed by atoms with Crippen LogP contribution in [0.5, 0.6) is 0 Å². The summed E-state index contributed by atoms with van der Waals surface area (Å²) < 4.78 is 1.54. The maximum atomic E-state index is 4.55. The first-order valence-electron chi connectivity index (χ1n) is 6.86. The van der Waals surface area contributed by atoms with Gasteiger partial charge in [-0.1, -0.05) is 6.92 Å². The Morgan fingerprint density at radius 2 is 2.05 bits per heavy atom. The van der Waals surface area contributed by atoms with Gasteiger partial charge in [0.2, 0.25) is 11.9 Å². The van der Waals surface area contributed by atoms with Crippen LogP contribution in [0.4, 0.5) is 11.9 Å². The van der Waals surface area contributed by atoms with Crippen LogP contribution in [0.2, 0.25) is 0 Å². The standard InChI is InChI=1S/C12H18N8S/c1-8-9(2)21-5-4-19(8)11-16-10(13-3)17-12(18-11)20-7-14-6-15-20/h6-9H,4-5H2,1-3H3,(H,13,16,17,18). The molecular formula is C12H18N8S. The van der Waals surface area contributed by atoms with E-state index in [0.29, 0.717) is 29.1 Å². The van der Waals surface area contributed by atoms with Gasteiger partial charge in [0.1, 0.15) is 12.7 Å². The van der Waals surface area contributed by atoms with Gasteiger partial charge >= 0.3 is 0 Å². The van der Waals surface area contributed by atoms with Crippen molar-refractivity contribution in [2.24, 2.45) is 0 Å². The molecule has 2 aromatic rings. The number of nitrogens with one attached hydrogen (secondary N) is 1. The van der Waals surface area contributed by atoms with E-state index in [-0.39, 0.29) is 0 Å². The van der Waals surface area contributed by atoms with Crippen LogP contribution in [-0.4, -0.2) is 60.4 Å². The monoisotopic (exact) mass is 306 g/mol. The van der Waals surface area contributed by atoms with Gasteiger partial charge < -0.3 is 10.2 Å². The van der Waals surface area contributed by atoms with Crippen LogP contribution in [0.15, 0.2) is 12.7 Å². The fourth-order valence-corrected chi connectivity index (χ4v) is 3.32. The summed E-state index contributed by atoms with van der Waals surface area (Å²) in [6, 6.07) is 0.374. The molecular weight excluding hydrogens is 288 g/mol. The molecule has 3 heterocycles. The van der Waals surface area contributed by atoms with E-state index in [0.717, 1.165) is 12.3 Å². The van der Waals surface area contributed by atoms with Gasteiger partial charge in [0.25, 0.3) is 5.95 Å². The quantitative estimate of drug-likeness (QED) is 0.892. The summed E-state index contributed by atoms with van der Waals surface area (Å²) >= 11 is 1.98. The van der Waals surface area contributed by atoms with Gasteiger partial charge in [0, 0.05) is 30.6 Å². The first kappa shape index (κ1) is 14.1. The van der Waals surface area contributed by atoms with Crippen LogP contribution >= 0.6 is 11.8 Å². The molecule has 8 nitrogen and oxygen atoms in total. The highest BCUT2D eigenvalue weighted by molar-refractivity contribution is 8.00. The third-order valence-electron chi connectivity index (χ3n) is 3.60. The van der Waals surface area contributed by atoms with Crippen LogP contribution in [-0.2, 0) is 0 Å². The fraction of sp³-hybridized carbons (Fsp3) is 0.583. The zero-order chi connectivity index (χ0) is 14.8. The lowest BCUT2D eigenvalue weighted by atomic mass is 10.2. The molecule has 0 spiro atoms. The Hall–Kier alpha value is -1.90. The van der Waals surface area contributed by atoms with Gasteiger partial charge in [-0.05, 0) is 6.92 Å². The molecule has 1 aliphatic heterocycles. The van der Waals surface area contributed by atoms with E-state index in [9.17, 15) is 0 Å². The van der Waals surface area contributed by atoms with E-state index in [2.05, 4.69) is 49.1 Å². The Morgan fingerprint density at radius 3 is 2.76 bits per heavy atom. The van der Waals surface area contributed by atoms with Crippen LogP contribution in [0.1, 0.15) is 13.8 Å². The molecule has 0 aromatic carbocycles. The van der Waals surface area contributed by atoms with Crippen LogP contribution in [0.3, 0.4) is 0 Å². The van der Waals surface area contributed by atoms with Crippen molar-refractivity contribution in [3.05, 3.63) is 12.7 Å². The highest BCUT2D eigenvalue weighted by Crippen LogP contribution is 2.27. The largest absolute Gasteiger partial charge is 0.357 e. The minimum absolute atomic E-state index is 0.374. The average molecular weight is 306 g/mol. The predicted octanol–water partition coefficient (Wildman–Crippen LogP) is 0.824. The van der Waals surface area contributed by atoms with E-state index in [1.54, 1.807) is 18.1 Å². The summed E-state index contributed by atoms with van der Waals surface area (Å²) in [4.78, 5) is 19.5. The fourth-order valence-electron chi connectivity index (χ4n) is 2.22. The molecule has 0 aliphatic carbocycles. The van der Waals surface area contributed by atoms with Crippen molar-refractivity contribution in [3.8, 4) is 5.95 Å². The molecule has 21 heavy (non-hydrogen) atoms. The molecule has 0 radical (unpaired) electrons. The maximum Gasteiger partial charge on any atom is 0.258 e. The Morgan fingerprint density at radius 1 is 1.24 bits per heavy atom. The topological polar surface area (TPSA) is 84.7 Å². The SMILES string of the molecule is CNc1nc(N2CCSC(C)C2C)nc(-n2cncn2)n1. The molecule has 2 atom stereocenters. The molecule has 1 N–H and O–H groups in total. The van der Waals surface area contributed by atoms with Crippen molar-refractivity contribution in [1.82, 2.24) is 29.7 Å². The molecule has 1 aliphatic rings. The molecule has 0 amide bonds. The van der Waals surface area contributed by atoms with Gasteiger partial charge in [-0.2, -0.15) is 36.5 Å². The summed E-state index contributed by atoms with van der Waals surface area (Å²) in [5.41, 5.74) is 0. The van der Waals surface area contributed by atoms with Crippen molar-refractivity contribution in [2.45, 2.75) is 25.1 Å². The van der Waals surface area contributed by atoms with Crippen molar-refractivity contribution >= 4 is 23.7 Å². The molecule has 9 heteroatoms. The summed E-state index contributed by atoms with van der Waals surface area (Å²) in [5, 5.41) is 7.61. The lowest BCUT2D eigenvalue weighted by Gasteiger charge is -2.37. The number of nitrogens with zero attached hydrogens (tertiary/aromatic N) is 7. The Bertz CT molecular complexity index is 601. The number of hydrogen-bond acceptors (Lipinski definition) is 8. The first-order valence-corrected chi connectivity index (χ1v) is 7.91. The lowest BCUT2D eigenvalue weighted by Crippen LogP contribution is -2.45. The van der Waals surface area contributed by atoms with Crippen molar-refractivity contribution in [2.75, 3.05) is 29.6 Å². The van der Waals surface area contributed by atoms with E-state index in [4.69, 9.17) is 0 Å². The summed E-state index contributed by atoms with van der Waals surface area (Å²) in [6.45, 7) is 5.37. The third kappa shape index (κ3) is 2.78. The molecule has 112 valence electrons. The van der Waals surface area contributed by atoms with E-state index >= 15 is 0 Å². The van der Waals surface area contributed by atoms with Crippen molar-refractivity contribution < 1.29 is 0 Å². The third-order valence-corrected chi connectivity index (χ3v) is 4.94. The number of hydrogen-bond donors (Lipinski definition) is 1. The van der Waals surface area contributed by atoms with Crippen LogP contribution < -0.4 is 10.2 Å². The number of rotatable bonds is 3. The van der Waals surface area contributed by atoms with Gasteiger partial charge in [-0.25, -0.2) is 4.98 Å². The zero-order valence-corrected chi connectivity index (χ0v) is 13.1. The Kier molecular flexibility index (Phi) is 3.91. The second kappa shape index (κ2) is 5.84. The molecule has 1 saturated heterocycles. The minimum atomic E-state index is 0.374. The minimum Gasteiger partial charge on any atom is -0.357 e.